The number of amides is 1. The molecule has 5 nitrogen and oxygen atoms in total. The average molecular weight is 200 g/mol. The maximum atomic E-state index is 11.7. The Kier molecular flexibility index (Phi) is 3.46. The van der Waals surface area contributed by atoms with Gasteiger partial charge in [0.15, 0.2) is 0 Å². The Bertz CT molecular complexity index is 238. The van der Waals surface area contributed by atoms with Gasteiger partial charge in [0.1, 0.15) is 6.54 Å². The molecule has 1 saturated carbocycles. The minimum atomic E-state index is -0.950. The first kappa shape index (κ1) is 11.0. The fraction of sp³-hybridized carbons (Fsp3) is 0.778. The van der Waals surface area contributed by atoms with Gasteiger partial charge >= 0.3 is 5.97 Å². The third-order valence-corrected chi connectivity index (χ3v) is 2.38. The number of nitrogens with one attached hydrogen (secondary N) is 1. The normalized spacial score (nSPS) is 17.6. The van der Waals surface area contributed by atoms with E-state index in [4.69, 9.17) is 5.11 Å². The molecule has 0 radical (unpaired) electrons. The summed E-state index contributed by atoms with van der Waals surface area (Å²) < 4.78 is 0. The molecule has 5 heteroatoms. The van der Waals surface area contributed by atoms with Crippen LogP contribution in [0.3, 0.4) is 0 Å². The number of carbonyl (C=O) groups is 2. The zero-order valence-corrected chi connectivity index (χ0v) is 8.49. The molecule has 1 rings (SSSR count). The standard InChI is InChI=1S/C9H16N2O3/c1-6(10-2)9(14)11(5-8(12)13)7-3-4-7/h6-7,10H,3-5H2,1-2H3,(H,12,13). The van der Waals surface area contributed by atoms with Gasteiger partial charge in [0, 0.05) is 6.04 Å². The lowest BCUT2D eigenvalue weighted by atomic mass is 10.3. The molecule has 1 aliphatic carbocycles. The van der Waals surface area contributed by atoms with E-state index in [2.05, 4.69) is 5.32 Å². The fourth-order valence-corrected chi connectivity index (χ4v) is 1.29. The van der Waals surface area contributed by atoms with Crippen molar-refractivity contribution in [2.75, 3.05) is 13.6 Å². The molecule has 14 heavy (non-hydrogen) atoms. The Hall–Kier alpha value is -1.10. The van der Waals surface area contributed by atoms with Crippen LogP contribution in [0.25, 0.3) is 0 Å². The highest BCUT2D eigenvalue weighted by Gasteiger charge is 2.35. The summed E-state index contributed by atoms with van der Waals surface area (Å²) in [7, 11) is 1.69. The molecular weight excluding hydrogens is 184 g/mol. The molecule has 80 valence electrons. The van der Waals surface area contributed by atoms with Crippen LogP contribution in [0.1, 0.15) is 19.8 Å². The molecule has 0 saturated heterocycles. The molecule has 0 aromatic carbocycles. The molecule has 0 aliphatic heterocycles. The molecule has 0 heterocycles. The van der Waals surface area contributed by atoms with Crippen molar-refractivity contribution in [2.24, 2.45) is 0 Å². The van der Waals surface area contributed by atoms with Crippen LogP contribution >= 0.6 is 0 Å². The SMILES string of the molecule is CNC(C)C(=O)N(CC(=O)O)C1CC1. The minimum Gasteiger partial charge on any atom is -0.480 e. The van der Waals surface area contributed by atoms with E-state index in [9.17, 15) is 9.59 Å². The van der Waals surface area contributed by atoms with E-state index < -0.39 is 5.97 Å². The molecule has 2 N–H and O–H groups in total. The quantitative estimate of drug-likeness (QED) is 0.637. The Morgan fingerprint density at radius 1 is 1.57 bits per heavy atom. The van der Waals surface area contributed by atoms with E-state index in [0.717, 1.165) is 12.8 Å². The second-order valence-corrected chi connectivity index (χ2v) is 3.60. The molecule has 1 amide bonds. The lowest BCUT2D eigenvalue weighted by Gasteiger charge is -2.23. The number of nitrogens with zero attached hydrogens (tertiary/aromatic N) is 1. The average Bonchev–Trinajstić information content (AvgIpc) is 2.94. The van der Waals surface area contributed by atoms with Gasteiger partial charge in [-0.2, -0.15) is 0 Å². The molecule has 0 bridgehead atoms. The van der Waals surface area contributed by atoms with Crippen LogP contribution in [0, 0.1) is 0 Å². The van der Waals surface area contributed by atoms with Gasteiger partial charge in [-0.15, -0.1) is 0 Å². The van der Waals surface area contributed by atoms with E-state index in [1.54, 1.807) is 14.0 Å². The summed E-state index contributed by atoms with van der Waals surface area (Å²) in [5.74, 6) is -1.08. The lowest BCUT2D eigenvalue weighted by molar-refractivity contribution is -0.145. The van der Waals surface area contributed by atoms with Gasteiger partial charge in [-0.3, -0.25) is 9.59 Å². The zero-order chi connectivity index (χ0) is 10.7. The van der Waals surface area contributed by atoms with Crippen molar-refractivity contribution in [2.45, 2.75) is 31.8 Å². The second kappa shape index (κ2) is 4.41. The Morgan fingerprint density at radius 2 is 2.14 bits per heavy atom. The van der Waals surface area contributed by atoms with Gasteiger partial charge in [0.25, 0.3) is 0 Å². The molecule has 0 spiro atoms. The summed E-state index contributed by atoms with van der Waals surface area (Å²) in [5.41, 5.74) is 0. The van der Waals surface area contributed by atoms with E-state index in [-0.39, 0.29) is 24.5 Å². The van der Waals surface area contributed by atoms with Gasteiger partial charge in [0.05, 0.1) is 6.04 Å². The maximum absolute atomic E-state index is 11.7. The van der Waals surface area contributed by atoms with Crippen molar-refractivity contribution < 1.29 is 14.7 Å². The number of carbonyl (C=O) groups excluding carboxylic acids is 1. The van der Waals surface area contributed by atoms with Crippen molar-refractivity contribution >= 4 is 11.9 Å². The lowest BCUT2D eigenvalue weighted by Crippen LogP contribution is -2.46. The van der Waals surface area contributed by atoms with Crippen LogP contribution in [0.15, 0.2) is 0 Å². The highest BCUT2D eigenvalue weighted by Crippen LogP contribution is 2.27. The van der Waals surface area contributed by atoms with Crippen molar-refractivity contribution in [3.63, 3.8) is 0 Å². The largest absolute Gasteiger partial charge is 0.480 e. The predicted octanol–water partition coefficient (Wildman–Crippen LogP) is -0.330. The number of rotatable bonds is 5. The predicted molar refractivity (Wildman–Crippen MR) is 50.9 cm³/mol. The molecule has 0 aromatic rings. The van der Waals surface area contributed by atoms with E-state index in [0.29, 0.717) is 0 Å². The smallest absolute Gasteiger partial charge is 0.323 e. The van der Waals surface area contributed by atoms with Gasteiger partial charge in [-0.05, 0) is 26.8 Å². The van der Waals surface area contributed by atoms with Crippen LogP contribution < -0.4 is 5.32 Å². The van der Waals surface area contributed by atoms with Crippen molar-refractivity contribution in [1.82, 2.24) is 10.2 Å². The van der Waals surface area contributed by atoms with Crippen LogP contribution in [0.4, 0.5) is 0 Å². The number of likely N-dealkylation sites (N-methyl/N-ethyl adjacent to an activating group) is 1. The number of carboxylic acid groups (broad SMARTS) is 1. The maximum Gasteiger partial charge on any atom is 0.323 e. The first-order valence-corrected chi connectivity index (χ1v) is 4.75. The van der Waals surface area contributed by atoms with Crippen molar-refractivity contribution in [1.29, 1.82) is 0 Å². The zero-order valence-electron chi connectivity index (χ0n) is 8.49. The summed E-state index contributed by atoms with van der Waals surface area (Å²) in [6.07, 6.45) is 1.85. The number of aliphatic carboxylic acids is 1. The molecule has 1 aliphatic rings. The third-order valence-electron chi connectivity index (χ3n) is 2.38. The number of carboxylic acids is 1. The number of hydrogen-bond donors (Lipinski definition) is 2. The van der Waals surface area contributed by atoms with Crippen molar-refractivity contribution in [3.05, 3.63) is 0 Å². The summed E-state index contributed by atoms with van der Waals surface area (Å²) in [6.45, 7) is 1.55. The van der Waals surface area contributed by atoms with Gasteiger partial charge in [-0.1, -0.05) is 0 Å². The molecule has 1 unspecified atom stereocenters. The van der Waals surface area contributed by atoms with Gasteiger partial charge in [0.2, 0.25) is 5.91 Å². The molecular formula is C9H16N2O3. The summed E-state index contributed by atoms with van der Waals surface area (Å²) in [5, 5.41) is 11.5. The van der Waals surface area contributed by atoms with Crippen LogP contribution in [-0.4, -0.2) is 47.6 Å². The van der Waals surface area contributed by atoms with E-state index >= 15 is 0 Å². The third kappa shape index (κ3) is 2.70. The van der Waals surface area contributed by atoms with Gasteiger partial charge < -0.3 is 15.3 Å². The Labute approximate surface area is 83.1 Å². The van der Waals surface area contributed by atoms with Gasteiger partial charge in [-0.25, -0.2) is 0 Å². The van der Waals surface area contributed by atoms with Crippen LogP contribution in [0.2, 0.25) is 0 Å². The van der Waals surface area contributed by atoms with Crippen LogP contribution in [0.5, 0.6) is 0 Å². The Balaban J connectivity index is 2.57. The molecule has 0 aromatic heterocycles. The van der Waals surface area contributed by atoms with Crippen molar-refractivity contribution in [3.8, 4) is 0 Å². The monoisotopic (exact) mass is 200 g/mol. The second-order valence-electron chi connectivity index (χ2n) is 3.60. The van der Waals surface area contributed by atoms with E-state index in [1.807, 2.05) is 0 Å². The number of hydrogen-bond acceptors (Lipinski definition) is 3. The Morgan fingerprint density at radius 3 is 2.50 bits per heavy atom. The summed E-state index contributed by atoms with van der Waals surface area (Å²) in [4.78, 5) is 23.7. The molecule has 1 fully saturated rings. The first-order chi connectivity index (χ1) is 6.56. The molecule has 1 atom stereocenters. The highest BCUT2D eigenvalue weighted by molar-refractivity contribution is 5.85. The topological polar surface area (TPSA) is 69.6 Å². The highest BCUT2D eigenvalue weighted by atomic mass is 16.4. The fourth-order valence-electron chi connectivity index (χ4n) is 1.29. The van der Waals surface area contributed by atoms with E-state index in [1.165, 1.54) is 4.90 Å². The summed E-state index contributed by atoms with van der Waals surface area (Å²) >= 11 is 0. The summed E-state index contributed by atoms with van der Waals surface area (Å²) in [6, 6.07) is -0.163. The van der Waals surface area contributed by atoms with Crippen LogP contribution in [-0.2, 0) is 9.59 Å². The first-order valence-electron chi connectivity index (χ1n) is 4.75. The minimum absolute atomic E-state index is 0.127.